The number of aliphatic carboxylic acids is 1. The Balaban J connectivity index is 2.19. The van der Waals surface area contributed by atoms with Crippen LogP contribution in [0.3, 0.4) is 0 Å². The summed E-state index contributed by atoms with van der Waals surface area (Å²) in [6.45, 7) is 0. The van der Waals surface area contributed by atoms with Crippen LogP contribution in [-0.4, -0.2) is 17.0 Å². The van der Waals surface area contributed by atoms with Crippen LogP contribution >= 0.6 is 38.5 Å². The van der Waals surface area contributed by atoms with E-state index in [1.165, 1.54) is 0 Å². The van der Waals surface area contributed by atoms with E-state index in [1.807, 2.05) is 12.1 Å². The van der Waals surface area contributed by atoms with Gasteiger partial charge in [0.15, 0.2) is 0 Å². The molecule has 2 aromatic rings. The number of carboxylic acid groups (broad SMARTS) is 1. The Hall–Kier alpha value is -1.41. The van der Waals surface area contributed by atoms with Gasteiger partial charge in [-0.2, -0.15) is 0 Å². The molecule has 21 heavy (non-hydrogen) atoms. The third-order valence-electron chi connectivity index (χ3n) is 2.71. The maximum atomic E-state index is 12.3. The van der Waals surface area contributed by atoms with Crippen LogP contribution in [0.5, 0.6) is 0 Å². The summed E-state index contributed by atoms with van der Waals surface area (Å²) in [7, 11) is 0. The molecule has 2 N–H and O–H groups in total. The topological polar surface area (TPSA) is 66.4 Å². The summed E-state index contributed by atoms with van der Waals surface area (Å²) in [5, 5.41) is 11.6. The minimum atomic E-state index is -0.904. The first-order valence-corrected chi connectivity index (χ1v) is 7.90. The summed E-state index contributed by atoms with van der Waals surface area (Å²) in [4.78, 5) is 23.0. The molecule has 4 nitrogen and oxygen atoms in total. The van der Waals surface area contributed by atoms with Crippen molar-refractivity contribution in [3.63, 3.8) is 0 Å². The number of carbonyl (C=O) groups is 2. The lowest BCUT2D eigenvalue weighted by molar-refractivity contribution is -0.136. The van der Waals surface area contributed by atoms with E-state index in [0.29, 0.717) is 21.3 Å². The molecule has 0 saturated heterocycles. The molecule has 0 heterocycles. The van der Waals surface area contributed by atoms with Crippen molar-refractivity contribution in [1.82, 2.24) is 0 Å². The summed E-state index contributed by atoms with van der Waals surface area (Å²) in [6, 6.07) is 12.3. The fourth-order valence-electron chi connectivity index (χ4n) is 1.80. The van der Waals surface area contributed by atoms with Gasteiger partial charge in [-0.25, -0.2) is 0 Å². The second-order valence-corrected chi connectivity index (χ2v) is 6.45. The van der Waals surface area contributed by atoms with Crippen LogP contribution in [0.1, 0.15) is 15.9 Å². The van der Waals surface area contributed by atoms with E-state index >= 15 is 0 Å². The van der Waals surface area contributed by atoms with E-state index in [1.54, 1.807) is 30.3 Å². The fourth-order valence-corrected chi connectivity index (χ4v) is 2.72. The number of carboxylic acids is 1. The third-order valence-corrected chi connectivity index (χ3v) is 4.08. The van der Waals surface area contributed by atoms with Crippen LogP contribution in [-0.2, 0) is 11.2 Å². The number of rotatable bonds is 4. The molecule has 0 fully saturated rings. The number of anilines is 1. The monoisotopic (exact) mass is 459 g/mol. The molecule has 0 saturated carbocycles. The summed E-state index contributed by atoms with van der Waals surface area (Å²) < 4.78 is 1.67. The Morgan fingerprint density at radius 2 is 1.95 bits per heavy atom. The largest absolute Gasteiger partial charge is 0.481 e. The summed E-state index contributed by atoms with van der Waals surface area (Å²) >= 11 is 5.49. The lowest BCUT2D eigenvalue weighted by atomic mass is 10.1. The number of hydrogen-bond acceptors (Lipinski definition) is 2. The van der Waals surface area contributed by atoms with Crippen LogP contribution in [0, 0.1) is 3.57 Å². The van der Waals surface area contributed by atoms with E-state index in [-0.39, 0.29) is 12.3 Å². The highest BCUT2D eigenvalue weighted by molar-refractivity contribution is 14.1. The Morgan fingerprint density at radius 1 is 1.19 bits per heavy atom. The highest BCUT2D eigenvalue weighted by Crippen LogP contribution is 2.21. The van der Waals surface area contributed by atoms with Crippen LogP contribution in [0.15, 0.2) is 46.9 Å². The summed E-state index contributed by atoms with van der Waals surface area (Å²) in [5.41, 5.74) is 1.75. The predicted octanol–water partition coefficient (Wildman–Crippen LogP) is 3.93. The number of benzene rings is 2. The van der Waals surface area contributed by atoms with Crippen molar-refractivity contribution >= 4 is 56.1 Å². The van der Waals surface area contributed by atoms with Gasteiger partial charge in [-0.3, -0.25) is 9.59 Å². The molecule has 0 radical (unpaired) electrons. The van der Waals surface area contributed by atoms with E-state index in [0.717, 1.165) is 3.57 Å². The van der Waals surface area contributed by atoms with Gasteiger partial charge >= 0.3 is 5.97 Å². The molecule has 0 spiro atoms. The molecule has 0 unspecified atom stereocenters. The minimum absolute atomic E-state index is 0.0728. The second kappa shape index (κ2) is 7.04. The van der Waals surface area contributed by atoms with E-state index in [4.69, 9.17) is 5.11 Å². The molecule has 108 valence electrons. The van der Waals surface area contributed by atoms with Crippen molar-refractivity contribution in [2.45, 2.75) is 6.42 Å². The Morgan fingerprint density at radius 3 is 2.67 bits per heavy atom. The zero-order valence-electron chi connectivity index (χ0n) is 10.8. The Kier molecular flexibility index (Phi) is 5.35. The van der Waals surface area contributed by atoms with Gasteiger partial charge in [0.2, 0.25) is 0 Å². The van der Waals surface area contributed by atoms with Gasteiger partial charge < -0.3 is 10.4 Å². The lowest BCUT2D eigenvalue weighted by Gasteiger charge is -2.08. The molecular weight excluding hydrogens is 449 g/mol. The first-order chi connectivity index (χ1) is 9.95. The standard InChI is InChI=1S/C15H11BrINO3/c16-13-5-4-10(17)8-12(13)15(21)18-11-3-1-2-9(6-11)7-14(19)20/h1-6,8H,7H2,(H,18,21)(H,19,20). The molecule has 6 heteroatoms. The maximum Gasteiger partial charge on any atom is 0.307 e. The molecule has 0 bridgehead atoms. The van der Waals surface area contributed by atoms with Crippen LogP contribution in [0.4, 0.5) is 5.69 Å². The molecule has 0 aliphatic carbocycles. The van der Waals surface area contributed by atoms with E-state index < -0.39 is 5.97 Å². The SMILES string of the molecule is O=C(O)Cc1cccc(NC(=O)c2cc(I)ccc2Br)c1. The highest BCUT2D eigenvalue weighted by Gasteiger charge is 2.11. The molecule has 0 aromatic heterocycles. The second-order valence-electron chi connectivity index (χ2n) is 4.35. The molecule has 0 aliphatic rings. The summed E-state index contributed by atoms with van der Waals surface area (Å²) in [6.07, 6.45) is -0.0728. The first kappa shape index (κ1) is 16.0. The summed E-state index contributed by atoms with van der Waals surface area (Å²) in [5.74, 6) is -1.15. The molecule has 2 rings (SSSR count). The number of amides is 1. The zero-order valence-corrected chi connectivity index (χ0v) is 14.5. The van der Waals surface area contributed by atoms with E-state index in [9.17, 15) is 9.59 Å². The van der Waals surface area contributed by atoms with Crippen molar-refractivity contribution in [2.75, 3.05) is 5.32 Å². The number of halogens is 2. The zero-order chi connectivity index (χ0) is 15.4. The van der Waals surface area contributed by atoms with E-state index in [2.05, 4.69) is 43.8 Å². The molecule has 0 atom stereocenters. The first-order valence-electron chi connectivity index (χ1n) is 6.03. The fraction of sp³-hybridized carbons (Fsp3) is 0.0667. The molecule has 2 aromatic carbocycles. The molecular formula is C15H11BrINO3. The minimum Gasteiger partial charge on any atom is -0.481 e. The van der Waals surface area contributed by atoms with Gasteiger partial charge in [0, 0.05) is 13.7 Å². The molecule has 0 aliphatic heterocycles. The third kappa shape index (κ3) is 4.53. The van der Waals surface area contributed by atoms with Gasteiger partial charge in [0.25, 0.3) is 5.91 Å². The lowest BCUT2D eigenvalue weighted by Crippen LogP contribution is -2.13. The van der Waals surface area contributed by atoms with Crippen molar-refractivity contribution in [1.29, 1.82) is 0 Å². The number of hydrogen-bond donors (Lipinski definition) is 2. The van der Waals surface area contributed by atoms with Crippen LogP contribution in [0.2, 0.25) is 0 Å². The average molecular weight is 460 g/mol. The van der Waals surface area contributed by atoms with Crippen LogP contribution < -0.4 is 5.32 Å². The molecule has 1 amide bonds. The van der Waals surface area contributed by atoms with Gasteiger partial charge in [-0.05, 0) is 74.4 Å². The highest BCUT2D eigenvalue weighted by atomic mass is 127. The van der Waals surface area contributed by atoms with Gasteiger partial charge in [0.1, 0.15) is 0 Å². The maximum absolute atomic E-state index is 12.3. The average Bonchev–Trinajstić information content (AvgIpc) is 2.41. The van der Waals surface area contributed by atoms with Gasteiger partial charge in [0.05, 0.1) is 12.0 Å². The predicted molar refractivity (Wildman–Crippen MR) is 92.6 cm³/mol. The number of carbonyl (C=O) groups excluding carboxylic acids is 1. The normalized spacial score (nSPS) is 10.2. The quantitative estimate of drug-likeness (QED) is 0.680. The Bertz CT molecular complexity index is 703. The van der Waals surface area contributed by atoms with Gasteiger partial charge in [-0.15, -0.1) is 0 Å². The van der Waals surface area contributed by atoms with Crippen LogP contribution in [0.25, 0.3) is 0 Å². The van der Waals surface area contributed by atoms with Crippen molar-refractivity contribution in [3.8, 4) is 0 Å². The van der Waals surface area contributed by atoms with Crippen molar-refractivity contribution < 1.29 is 14.7 Å². The smallest absolute Gasteiger partial charge is 0.307 e. The van der Waals surface area contributed by atoms with Gasteiger partial charge in [-0.1, -0.05) is 12.1 Å². The van der Waals surface area contributed by atoms with Crippen molar-refractivity contribution in [3.05, 3.63) is 61.6 Å². The number of nitrogens with one attached hydrogen (secondary N) is 1. The van der Waals surface area contributed by atoms with Crippen molar-refractivity contribution in [2.24, 2.45) is 0 Å². The Labute approximate surface area is 143 Å².